The summed E-state index contributed by atoms with van der Waals surface area (Å²) in [7, 11) is 0. The van der Waals surface area contributed by atoms with Crippen LogP contribution in [0.15, 0.2) is 18.7 Å². The number of imidazole rings is 1. The van der Waals surface area contributed by atoms with Crippen molar-refractivity contribution in [3.8, 4) is 0 Å². The Balaban J connectivity index is 2.58. The number of carbonyl (C=O) groups is 3. The minimum absolute atomic E-state index is 0.163. The lowest BCUT2D eigenvalue weighted by Crippen LogP contribution is -2.46. The van der Waals surface area contributed by atoms with Gasteiger partial charge in [-0.3, -0.25) is 9.59 Å². The molecule has 0 radical (unpaired) electrons. The van der Waals surface area contributed by atoms with Crippen LogP contribution in [0.25, 0.3) is 0 Å². The molecule has 0 fully saturated rings. The number of nitrogens with zero attached hydrogens (tertiary/aromatic N) is 3. The van der Waals surface area contributed by atoms with E-state index < -0.39 is 12.0 Å². The van der Waals surface area contributed by atoms with Gasteiger partial charge in [-0.2, -0.15) is 0 Å². The number of aliphatic carboxylic acids is 1. The highest BCUT2D eigenvalue weighted by Gasteiger charge is 2.24. The molecule has 1 aromatic heterocycles. The van der Waals surface area contributed by atoms with Gasteiger partial charge in [0, 0.05) is 45.4 Å². The highest BCUT2D eigenvalue weighted by atomic mass is 16.4. The van der Waals surface area contributed by atoms with Gasteiger partial charge in [-0.05, 0) is 6.92 Å². The molecule has 0 aliphatic carbocycles. The Bertz CT molecular complexity index is 486. The van der Waals surface area contributed by atoms with Gasteiger partial charge in [0.15, 0.2) is 0 Å². The fourth-order valence-electron chi connectivity index (χ4n) is 1.81. The molecule has 2 N–H and O–H groups in total. The van der Waals surface area contributed by atoms with Crippen molar-refractivity contribution in [3.05, 3.63) is 18.7 Å². The molecule has 116 valence electrons. The Morgan fingerprint density at radius 3 is 2.67 bits per heavy atom. The van der Waals surface area contributed by atoms with E-state index in [1.54, 1.807) is 23.3 Å². The maximum Gasteiger partial charge on any atom is 0.326 e. The lowest BCUT2D eigenvalue weighted by Gasteiger charge is -2.26. The van der Waals surface area contributed by atoms with Gasteiger partial charge in [0.05, 0.1) is 6.33 Å². The first-order valence-corrected chi connectivity index (χ1v) is 6.64. The van der Waals surface area contributed by atoms with Gasteiger partial charge in [-0.25, -0.2) is 9.78 Å². The number of nitrogens with one attached hydrogen (secondary N) is 1. The monoisotopic (exact) mass is 296 g/mol. The minimum Gasteiger partial charge on any atom is -0.480 e. The maximum absolute atomic E-state index is 12.2. The summed E-state index contributed by atoms with van der Waals surface area (Å²) in [5, 5.41) is 11.6. The molecule has 1 heterocycles. The number of rotatable bonds is 8. The van der Waals surface area contributed by atoms with Crippen molar-refractivity contribution in [1.82, 2.24) is 19.8 Å². The third kappa shape index (κ3) is 5.64. The molecule has 0 saturated carbocycles. The number of carboxylic acid groups (broad SMARTS) is 1. The van der Waals surface area contributed by atoms with Gasteiger partial charge in [0.1, 0.15) is 6.04 Å². The highest BCUT2D eigenvalue weighted by Crippen LogP contribution is 2.04. The topological polar surface area (TPSA) is 105 Å². The van der Waals surface area contributed by atoms with E-state index in [4.69, 9.17) is 5.11 Å². The fraction of sp³-hybridized carbons (Fsp3) is 0.538. The number of aryl methyl sites for hydroxylation is 1. The summed E-state index contributed by atoms with van der Waals surface area (Å²) in [6.45, 7) is 3.64. The lowest BCUT2D eigenvalue weighted by atomic mass is 10.2. The summed E-state index contributed by atoms with van der Waals surface area (Å²) in [6.07, 6.45) is 5.11. The molecule has 0 aromatic carbocycles. The van der Waals surface area contributed by atoms with E-state index in [-0.39, 0.29) is 31.3 Å². The van der Waals surface area contributed by atoms with Gasteiger partial charge in [0.2, 0.25) is 11.8 Å². The molecule has 0 saturated heterocycles. The smallest absolute Gasteiger partial charge is 0.326 e. The molecule has 2 amide bonds. The van der Waals surface area contributed by atoms with Crippen LogP contribution in [0.2, 0.25) is 0 Å². The Labute approximate surface area is 122 Å². The van der Waals surface area contributed by atoms with Crippen LogP contribution in [0.5, 0.6) is 0 Å². The number of hydrogen-bond acceptors (Lipinski definition) is 4. The molecule has 0 aliphatic heterocycles. The lowest BCUT2D eigenvalue weighted by molar-refractivity contribution is -0.149. The normalized spacial score (nSPS) is 11.7. The zero-order valence-corrected chi connectivity index (χ0v) is 12.2. The molecule has 1 unspecified atom stereocenters. The molecule has 1 atom stereocenters. The Kier molecular flexibility index (Phi) is 6.38. The zero-order valence-electron chi connectivity index (χ0n) is 12.2. The molecule has 1 rings (SSSR count). The van der Waals surface area contributed by atoms with E-state index in [1.165, 1.54) is 18.7 Å². The van der Waals surface area contributed by atoms with Crippen LogP contribution in [0.1, 0.15) is 20.3 Å². The van der Waals surface area contributed by atoms with Crippen molar-refractivity contribution in [2.45, 2.75) is 32.9 Å². The summed E-state index contributed by atoms with van der Waals surface area (Å²) < 4.78 is 1.75. The van der Waals surface area contributed by atoms with Crippen molar-refractivity contribution in [2.75, 3.05) is 13.1 Å². The Hall–Kier alpha value is -2.38. The molecule has 0 spiro atoms. The molecule has 8 heteroatoms. The number of aromatic nitrogens is 2. The second-order valence-electron chi connectivity index (χ2n) is 4.63. The van der Waals surface area contributed by atoms with E-state index in [0.717, 1.165) is 0 Å². The van der Waals surface area contributed by atoms with E-state index in [0.29, 0.717) is 6.54 Å². The van der Waals surface area contributed by atoms with Crippen molar-refractivity contribution < 1.29 is 19.5 Å². The third-order valence-electron chi connectivity index (χ3n) is 3.01. The van der Waals surface area contributed by atoms with Crippen molar-refractivity contribution in [2.24, 2.45) is 0 Å². The predicted molar refractivity (Wildman–Crippen MR) is 74.3 cm³/mol. The molecule has 8 nitrogen and oxygen atoms in total. The molecule has 21 heavy (non-hydrogen) atoms. The SMILES string of the molecule is CC(=O)NCCN(C(=O)CCn1ccnc1)C(C)C(=O)O. The van der Waals surface area contributed by atoms with Gasteiger partial charge in [0.25, 0.3) is 0 Å². The molecular weight excluding hydrogens is 276 g/mol. The summed E-state index contributed by atoms with van der Waals surface area (Å²) in [5.74, 6) is -1.57. The maximum atomic E-state index is 12.2. The first-order chi connectivity index (χ1) is 9.91. The summed E-state index contributed by atoms with van der Waals surface area (Å²) in [4.78, 5) is 39.2. The largest absolute Gasteiger partial charge is 0.480 e. The number of carbonyl (C=O) groups excluding carboxylic acids is 2. The summed E-state index contributed by atoms with van der Waals surface area (Å²) >= 11 is 0. The predicted octanol–water partition coefficient (Wildman–Crippen LogP) is -0.289. The average molecular weight is 296 g/mol. The van der Waals surface area contributed by atoms with Crippen LogP contribution >= 0.6 is 0 Å². The highest BCUT2D eigenvalue weighted by molar-refractivity contribution is 5.83. The standard InChI is InChI=1S/C13H20N4O4/c1-10(13(20)21)17(8-5-15-11(2)18)12(19)3-6-16-7-4-14-9-16/h4,7,9-10H,3,5-6,8H2,1-2H3,(H,15,18)(H,20,21). The van der Waals surface area contributed by atoms with Gasteiger partial charge >= 0.3 is 5.97 Å². The van der Waals surface area contributed by atoms with E-state index in [2.05, 4.69) is 10.3 Å². The van der Waals surface area contributed by atoms with Crippen molar-refractivity contribution in [1.29, 1.82) is 0 Å². The average Bonchev–Trinajstić information content (AvgIpc) is 2.93. The zero-order chi connectivity index (χ0) is 15.8. The third-order valence-corrected chi connectivity index (χ3v) is 3.01. The first kappa shape index (κ1) is 16.7. The van der Waals surface area contributed by atoms with Gasteiger partial charge < -0.3 is 19.9 Å². The van der Waals surface area contributed by atoms with E-state index >= 15 is 0 Å². The van der Waals surface area contributed by atoms with Crippen LogP contribution in [-0.2, 0) is 20.9 Å². The van der Waals surface area contributed by atoms with Crippen LogP contribution in [0.3, 0.4) is 0 Å². The second kappa shape index (κ2) is 8.03. The van der Waals surface area contributed by atoms with Gasteiger partial charge in [-0.1, -0.05) is 0 Å². The minimum atomic E-state index is -1.08. The van der Waals surface area contributed by atoms with Gasteiger partial charge in [-0.15, -0.1) is 0 Å². The molecule has 0 bridgehead atoms. The quantitative estimate of drug-likeness (QED) is 0.686. The van der Waals surface area contributed by atoms with Crippen LogP contribution in [-0.4, -0.2) is 56.5 Å². The van der Waals surface area contributed by atoms with Crippen LogP contribution in [0.4, 0.5) is 0 Å². The van der Waals surface area contributed by atoms with Crippen LogP contribution in [0, 0.1) is 0 Å². The van der Waals surface area contributed by atoms with E-state index in [9.17, 15) is 14.4 Å². The Morgan fingerprint density at radius 1 is 1.43 bits per heavy atom. The molecule has 1 aromatic rings. The van der Waals surface area contributed by atoms with E-state index in [1.807, 2.05) is 0 Å². The van der Waals surface area contributed by atoms with Crippen molar-refractivity contribution in [3.63, 3.8) is 0 Å². The summed E-state index contributed by atoms with van der Waals surface area (Å²) in [6, 6.07) is -0.936. The number of hydrogen-bond donors (Lipinski definition) is 2. The molecular formula is C13H20N4O4. The second-order valence-corrected chi connectivity index (χ2v) is 4.63. The number of amides is 2. The fourth-order valence-corrected chi connectivity index (χ4v) is 1.81. The number of carboxylic acids is 1. The first-order valence-electron chi connectivity index (χ1n) is 6.64. The van der Waals surface area contributed by atoms with Crippen LogP contribution < -0.4 is 5.32 Å². The Morgan fingerprint density at radius 2 is 2.14 bits per heavy atom. The van der Waals surface area contributed by atoms with Crippen molar-refractivity contribution >= 4 is 17.8 Å². The molecule has 0 aliphatic rings. The summed E-state index contributed by atoms with van der Waals surface area (Å²) in [5.41, 5.74) is 0.